The molecule has 1 N–H and O–H groups in total. The number of aliphatic hydroxyl groups excluding tert-OH is 1. The van der Waals surface area contributed by atoms with Crippen LogP contribution >= 0.6 is 11.8 Å². The third kappa shape index (κ3) is 1.50. The van der Waals surface area contributed by atoms with Gasteiger partial charge in [-0.3, -0.25) is 0 Å². The summed E-state index contributed by atoms with van der Waals surface area (Å²) in [5.41, 5.74) is 0. The minimum Gasteiger partial charge on any atom is -0.392 e. The molecule has 64 valence electrons. The molecule has 0 saturated heterocycles. The summed E-state index contributed by atoms with van der Waals surface area (Å²) in [5, 5.41) is 9.76. The molecule has 2 heteroatoms. The molecule has 3 atom stereocenters. The Bertz CT molecular complexity index is 252. The Labute approximate surface area is 76.8 Å². The van der Waals surface area contributed by atoms with Gasteiger partial charge in [0.1, 0.15) is 0 Å². The molecule has 3 unspecified atom stereocenters. The van der Waals surface area contributed by atoms with Crippen LogP contribution in [0.25, 0.3) is 0 Å². The zero-order valence-electron chi connectivity index (χ0n) is 6.97. The molecule has 0 aromatic heterocycles. The van der Waals surface area contributed by atoms with Crippen molar-refractivity contribution in [2.75, 3.05) is 0 Å². The average molecular weight is 180 g/mol. The van der Waals surface area contributed by atoms with Crippen LogP contribution in [0.5, 0.6) is 0 Å². The van der Waals surface area contributed by atoms with Gasteiger partial charge in [-0.25, -0.2) is 0 Å². The first kappa shape index (κ1) is 8.14. The van der Waals surface area contributed by atoms with Gasteiger partial charge in [0, 0.05) is 10.1 Å². The summed E-state index contributed by atoms with van der Waals surface area (Å²) in [7, 11) is 0. The standard InChI is InChI=1S/C10H12OS/c1-7-9(11)10(7)12-8-5-3-2-4-6-8/h2-7,9-11H,1H3. The molecular weight excluding hydrogens is 168 g/mol. The van der Waals surface area contributed by atoms with E-state index in [9.17, 15) is 5.11 Å². The van der Waals surface area contributed by atoms with E-state index < -0.39 is 0 Å². The number of hydrogen-bond acceptors (Lipinski definition) is 2. The highest BCUT2D eigenvalue weighted by molar-refractivity contribution is 8.00. The lowest BCUT2D eigenvalue weighted by Crippen LogP contribution is -1.84. The van der Waals surface area contributed by atoms with Gasteiger partial charge in [-0.15, -0.1) is 11.8 Å². The molecule has 0 spiro atoms. The zero-order valence-corrected chi connectivity index (χ0v) is 7.79. The van der Waals surface area contributed by atoms with E-state index in [2.05, 4.69) is 19.1 Å². The lowest BCUT2D eigenvalue weighted by atomic mass is 10.4. The molecule has 1 aliphatic carbocycles. The Morgan fingerprint density at radius 1 is 1.25 bits per heavy atom. The fraction of sp³-hybridized carbons (Fsp3) is 0.400. The van der Waals surface area contributed by atoms with E-state index in [1.165, 1.54) is 4.90 Å². The van der Waals surface area contributed by atoms with Crippen molar-refractivity contribution < 1.29 is 5.11 Å². The number of benzene rings is 1. The predicted octanol–water partition coefficient (Wildman–Crippen LogP) is 2.16. The van der Waals surface area contributed by atoms with Gasteiger partial charge in [0.25, 0.3) is 0 Å². The first-order valence-corrected chi connectivity index (χ1v) is 5.07. The maximum absolute atomic E-state index is 9.34. The molecule has 1 aromatic rings. The maximum Gasteiger partial charge on any atom is 0.0703 e. The normalized spacial score (nSPS) is 33.3. The van der Waals surface area contributed by atoms with E-state index >= 15 is 0 Å². The molecule has 1 aliphatic rings. The Morgan fingerprint density at radius 3 is 2.33 bits per heavy atom. The fourth-order valence-electron chi connectivity index (χ4n) is 1.24. The number of hydrogen-bond donors (Lipinski definition) is 1. The van der Waals surface area contributed by atoms with Crippen molar-refractivity contribution in [2.45, 2.75) is 23.2 Å². The van der Waals surface area contributed by atoms with Crippen LogP contribution in [0.15, 0.2) is 35.2 Å². The number of aliphatic hydroxyl groups is 1. The molecule has 0 amide bonds. The van der Waals surface area contributed by atoms with Crippen molar-refractivity contribution in [3.8, 4) is 0 Å². The number of thioether (sulfide) groups is 1. The van der Waals surface area contributed by atoms with Gasteiger partial charge in [0.15, 0.2) is 0 Å². The smallest absolute Gasteiger partial charge is 0.0703 e. The highest BCUT2D eigenvalue weighted by Gasteiger charge is 2.46. The van der Waals surface area contributed by atoms with E-state index in [1.54, 1.807) is 11.8 Å². The molecule has 1 saturated carbocycles. The van der Waals surface area contributed by atoms with Crippen molar-refractivity contribution in [1.29, 1.82) is 0 Å². The molecule has 0 radical (unpaired) electrons. The second kappa shape index (κ2) is 3.11. The van der Waals surface area contributed by atoms with Crippen molar-refractivity contribution >= 4 is 11.8 Å². The quantitative estimate of drug-likeness (QED) is 0.752. The van der Waals surface area contributed by atoms with Crippen molar-refractivity contribution in [2.24, 2.45) is 5.92 Å². The molecule has 1 nitrogen and oxygen atoms in total. The summed E-state index contributed by atoms with van der Waals surface area (Å²) >= 11 is 1.78. The lowest BCUT2D eigenvalue weighted by molar-refractivity contribution is 0.264. The zero-order chi connectivity index (χ0) is 8.55. The third-order valence-electron chi connectivity index (χ3n) is 2.27. The van der Waals surface area contributed by atoms with Gasteiger partial charge in [0.2, 0.25) is 0 Å². The summed E-state index contributed by atoms with van der Waals surface area (Å²) in [6.07, 6.45) is -0.0878. The number of rotatable bonds is 2. The Morgan fingerprint density at radius 2 is 1.83 bits per heavy atom. The molecule has 1 fully saturated rings. The van der Waals surface area contributed by atoms with Crippen molar-refractivity contribution in [3.05, 3.63) is 30.3 Å². The topological polar surface area (TPSA) is 20.2 Å². The van der Waals surface area contributed by atoms with Gasteiger partial charge in [-0.1, -0.05) is 25.1 Å². The minimum absolute atomic E-state index is 0.0878. The summed E-state index contributed by atoms with van der Waals surface area (Å²) in [6.45, 7) is 2.09. The van der Waals surface area contributed by atoms with Crippen LogP contribution in [-0.4, -0.2) is 16.5 Å². The van der Waals surface area contributed by atoms with Crippen LogP contribution in [0.2, 0.25) is 0 Å². The summed E-state index contributed by atoms with van der Waals surface area (Å²) in [4.78, 5) is 1.26. The largest absolute Gasteiger partial charge is 0.392 e. The highest BCUT2D eigenvalue weighted by atomic mass is 32.2. The second-order valence-electron chi connectivity index (χ2n) is 3.25. The van der Waals surface area contributed by atoms with E-state index in [0.29, 0.717) is 11.2 Å². The van der Waals surface area contributed by atoms with E-state index in [-0.39, 0.29) is 6.10 Å². The van der Waals surface area contributed by atoms with Gasteiger partial charge in [0.05, 0.1) is 6.10 Å². The van der Waals surface area contributed by atoms with E-state index in [4.69, 9.17) is 0 Å². The van der Waals surface area contributed by atoms with Gasteiger partial charge in [-0.2, -0.15) is 0 Å². The first-order valence-electron chi connectivity index (χ1n) is 4.19. The lowest BCUT2D eigenvalue weighted by Gasteiger charge is -1.97. The molecular formula is C10H12OS. The summed E-state index contributed by atoms with van der Waals surface area (Å²) < 4.78 is 0. The average Bonchev–Trinajstić information content (AvgIpc) is 2.65. The van der Waals surface area contributed by atoms with Crippen molar-refractivity contribution in [1.82, 2.24) is 0 Å². The Balaban J connectivity index is 1.97. The third-order valence-corrected chi connectivity index (χ3v) is 3.79. The van der Waals surface area contributed by atoms with E-state index in [1.807, 2.05) is 18.2 Å². The molecule has 12 heavy (non-hydrogen) atoms. The van der Waals surface area contributed by atoms with E-state index in [0.717, 1.165) is 0 Å². The Hall–Kier alpha value is -0.470. The maximum atomic E-state index is 9.34. The fourth-order valence-corrected chi connectivity index (χ4v) is 2.54. The second-order valence-corrected chi connectivity index (χ2v) is 4.50. The van der Waals surface area contributed by atoms with Crippen LogP contribution in [0.1, 0.15) is 6.92 Å². The minimum atomic E-state index is -0.0878. The summed E-state index contributed by atoms with van der Waals surface area (Å²) in [6, 6.07) is 10.2. The van der Waals surface area contributed by atoms with Crippen LogP contribution in [0.4, 0.5) is 0 Å². The van der Waals surface area contributed by atoms with Gasteiger partial charge < -0.3 is 5.11 Å². The van der Waals surface area contributed by atoms with Crippen LogP contribution < -0.4 is 0 Å². The molecule has 0 aliphatic heterocycles. The Kier molecular flexibility index (Phi) is 2.11. The molecule has 0 heterocycles. The summed E-state index contributed by atoms with van der Waals surface area (Å²) in [5.74, 6) is 0.468. The van der Waals surface area contributed by atoms with Gasteiger partial charge in [-0.05, 0) is 18.1 Å². The highest BCUT2D eigenvalue weighted by Crippen LogP contribution is 2.44. The van der Waals surface area contributed by atoms with Crippen LogP contribution in [0.3, 0.4) is 0 Å². The molecule has 1 aromatic carbocycles. The molecule has 0 bridgehead atoms. The van der Waals surface area contributed by atoms with Gasteiger partial charge >= 0.3 is 0 Å². The monoisotopic (exact) mass is 180 g/mol. The molecule has 2 rings (SSSR count). The van der Waals surface area contributed by atoms with Crippen molar-refractivity contribution in [3.63, 3.8) is 0 Å². The predicted molar refractivity (Wildman–Crippen MR) is 51.3 cm³/mol. The van der Waals surface area contributed by atoms with Crippen LogP contribution in [-0.2, 0) is 0 Å². The SMILES string of the molecule is CC1C(O)C1Sc1ccccc1. The van der Waals surface area contributed by atoms with Crippen LogP contribution in [0, 0.1) is 5.92 Å². The first-order chi connectivity index (χ1) is 5.79.